The number of rotatable bonds is 5. The molecular formula is C12H22ClNO2. The Bertz CT molecular complexity index is 197. The Balaban J connectivity index is 1.63. The van der Waals surface area contributed by atoms with Gasteiger partial charge in [0.2, 0.25) is 0 Å². The van der Waals surface area contributed by atoms with Crippen molar-refractivity contribution >= 4 is 11.6 Å². The molecule has 0 bridgehead atoms. The molecule has 2 aliphatic heterocycles. The molecule has 0 radical (unpaired) electrons. The van der Waals surface area contributed by atoms with E-state index in [4.69, 9.17) is 21.1 Å². The Morgan fingerprint density at radius 2 is 2.25 bits per heavy atom. The van der Waals surface area contributed by atoms with Gasteiger partial charge >= 0.3 is 0 Å². The number of hydrogen-bond donors (Lipinski definition) is 0. The minimum absolute atomic E-state index is 0.417. The molecule has 0 amide bonds. The maximum atomic E-state index is 5.93. The minimum atomic E-state index is 0.417. The van der Waals surface area contributed by atoms with Crippen LogP contribution in [0.2, 0.25) is 0 Å². The second-order valence-corrected chi connectivity index (χ2v) is 5.00. The fourth-order valence-electron chi connectivity index (χ4n) is 2.52. The monoisotopic (exact) mass is 247 g/mol. The van der Waals surface area contributed by atoms with Crippen LogP contribution in [0.5, 0.6) is 0 Å². The predicted molar refractivity (Wildman–Crippen MR) is 65.1 cm³/mol. The van der Waals surface area contributed by atoms with Crippen molar-refractivity contribution in [2.24, 2.45) is 0 Å². The van der Waals surface area contributed by atoms with Crippen LogP contribution in [-0.2, 0) is 9.47 Å². The molecule has 94 valence electrons. The summed E-state index contributed by atoms with van der Waals surface area (Å²) in [6, 6.07) is 0.417. The first kappa shape index (κ1) is 12.6. The molecule has 0 aromatic rings. The van der Waals surface area contributed by atoms with E-state index in [1.54, 1.807) is 0 Å². The van der Waals surface area contributed by atoms with Crippen LogP contribution in [0.4, 0.5) is 0 Å². The van der Waals surface area contributed by atoms with E-state index < -0.39 is 0 Å². The zero-order valence-corrected chi connectivity index (χ0v) is 10.6. The van der Waals surface area contributed by atoms with E-state index in [0.717, 1.165) is 32.9 Å². The summed E-state index contributed by atoms with van der Waals surface area (Å²) in [6.45, 7) is 4.78. The lowest BCUT2D eigenvalue weighted by Gasteiger charge is -2.34. The summed E-state index contributed by atoms with van der Waals surface area (Å²) in [5.41, 5.74) is 0. The van der Waals surface area contributed by atoms with E-state index in [1.165, 1.54) is 25.7 Å². The lowest BCUT2D eigenvalue weighted by atomic mass is 10.1. The Labute approximate surface area is 103 Å². The van der Waals surface area contributed by atoms with Crippen LogP contribution in [0.1, 0.15) is 25.7 Å². The molecule has 0 N–H and O–H groups in total. The Kier molecular flexibility index (Phi) is 5.36. The van der Waals surface area contributed by atoms with Gasteiger partial charge in [0.15, 0.2) is 0 Å². The number of ether oxygens (including phenoxy) is 2. The molecule has 2 aliphatic rings. The molecule has 2 atom stereocenters. The van der Waals surface area contributed by atoms with Gasteiger partial charge in [-0.25, -0.2) is 0 Å². The van der Waals surface area contributed by atoms with Crippen LogP contribution in [-0.4, -0.2) is 55.8 Å². The summed E-state index contributed by atoms with van der Waals surface area (Å²) in [5.74, 6) is 0.680. The number of morpholine rings is 1. The average Bonchev–Trinajstić information content (AvgIpc) is 2.83. The second-order valence-electron chi connectivity index (χ2n) is 4.70. The van der Waals surface area contributed by atoms with Gasteiger partial charge in [0.1, 0.15) is 0 Å². The van der Waals surface area contributed by atoms with Gasteiger partial charge in [-0.05, 0) is 32.2 Å². The number of halogens is 1. The van der Waals surface area contributed by atoms with Crippen molar-refractivity contribution in [3.05, 3.63) is 0 Å². The van der Waals surface area contributed by atoms with Gasteiger partial charge in [-0.3, -0.25) is 4.90 Å². The summed E-state index contributed by atoms with van der Waals surface area (Å²) in [4.78, 5) is 2.46. The topological polar surface area (TPSA) is 21.7 Å². The molecule has 0 saturated carbocycles. The number of nitrogens with zero attached hydrogens (tertiary/aromatic N) is 1. The van der Waals surface area contributed by atoms with Crippen LogP contribution in [0, 0.1) is 0 Å². The van der Waals surface area contributed by atoms with Gasteiger partial charge in [0, 0.05) is 25.1 Å². The largest absolute Gasteiger partial charge is 0.378 e. The molecule has 2 fully saturated rings. The third-order valence-corrected chi connectivity index (χ3v) is 3.88. The van der Waals surface area contributed by atoms with E-state index >= 15 is 0 Å². The highest BCUT2D eigenvalue weighted by Gasteiger charge is 2.22. The van der Waals surface area contributed by atoms with Crippen LogP contribution in [0.3, 0.4) is 0 Å². The molecule has 0 aromatic heterocycles. The smallest absolute Gasteiger partial charge is 0.0634 e. The first-order valence-corrected chi connectivity index (χ1v) is 6.93. The van der Waals surface area contributed by atoms with Gasteiger partial charge in [-0.1, -0.05) is 0 Å². The summed E-state index contributed by atoms with van der Waals surface area (Å²) in [7, 11) is 0. The van der Waals surface area contributed by atoms with Crippen molar-refractivity contribution in [2.75, 3.05) is 38.8 Å². The zero-order chi connectivity index (χ0) is 11.2. The van der Waals surface area contributed by atoms with Crippen LogP contribution < -0.4 is 0 Å². The molecule has 3 nitrogen and oxygen atoms in total. The van der Waals surface area contributed by atoms with Gasteiger partial charge < -0.3 is 9.47 Å². The van der Waals surface area contributed by atoms with Gasteiger partial charge in [-0.15, -0.1) is 11.6 Å². The van der Waals surface area contributed by atoms with Crippen molar-refractivity contribution in [3.63, 3.8) is 0 Å². The van der Waals surface area contributed by atoms with Gasteiger partial charge in [0.05, 0.1) is 19.3 Å². The third-order valence-electron chi connectivity index (χ3n) is 3.52. The Morgan fingerprint density at radius 1 is 1.31 bits per heavy atom. The molecule has 0 aromatic carbocycles. The summed E-state index contributed by atoms with van der Waals surface area (Å²) in [5, 5.41) is 0. The SMILES string of the molecule is ClCC1COCCN1CCCC1CCCO1. The second kappa shape index (κ2) is 6.80. The standard InChI is InChI=1S/C12H22ClNO2/c13-9-11-10-15-8-6-14(11)5-1-3-12-4-2-7-16-12/h11-12H,1-10H2. The molecule has 0 aliphatic carbocycles. The lowest BCUT2D eigenvalue weighted by molar-refractivity contribution is -0.00152. The third kappa shape index (κ3) is 3.59. The van der Waals surface area contributed by atoms with Crippen molar-refractivity contribution in [1.29, 1.82) is 0 Å². The molecule has 2 unspecified atom stereocenters. The minimum Gasteiger partial charge on any atom is -0.378 e. The predicted octanol–water partition coefficient (Wildman–Crippen LogP) is 1.89. The summed E-state index contributed by atoms with van der Waals surface area (Å²) >= 11 is 5.93. The Morgan fingerprint density at radius 3 is 3.00 bits per heavy atom. The van der Waals surface area contributed by atoms with E-state index in [-0.39, 0.29) is 0 Å². The molecule has 4 heteroatoms. The highest BCUT2D eigenvalue weighted by molar-refractivity contribution is 6.18. The fourth-order valence-corrected chi connectivity index (χ4v) is 2.80. The lowest BCUT2D eigenvalue weighted by Crippen LogP contribution is -2.46. The molecule has 2 saturated heterocycles. The Hall–Kier alpha value is 0.170. The van der Waals surface area contributed by atoms with Gasteiger partial charge in [-0.2, -0.15) is 0 Å². The van der Waals surface area contributed by atoms with E-state index in [0.29, 0.717) is 18.0 Å². The van der Waals surface area contributed by atoms with E-state index in [1.807, 2.05) is 0 Å². The summed E-state index contributed by atoms with van der Waals surface area (Å²) < 4.78 is 11.1. The van der Waals surface area contributed by atoms with Crippen LogP contribution in [0.25, 0.3) is 0 Å². The van der Waals surface area contributed by atoms with E-state index in [2.05, 4.69) is 4.90 Å². The maximum absolute atomic E-state index is 5.93. The summed E-state index contributed by atoms with van der Waals surface area (Å²) in [6.07, 6.45) is 5.44. The van der Waals surface area contributed by atoms with Crippen LogP contribution >= 0.6 is 11.6 Å². The highest BCUT2D eigenvalue weighted by atomic mass is 35.5. The van der Waals surface area contributed by atoms with E-state index in [9.17, 15) is 0 Å². The quantitative estimate of drug-likeness (QED) is 0.693. The molecular weight excluding hydrogens is 226 g/mol. The maximum Gasteiger partial charge on any atom is 0.0634 e. The first-order valence-electron chi connectivity index (χ1n) is 6.39. The zero-order valence-electron chi connectivity index (χ0n) is 9.87. The molecule has 2 heterocycles. The van der Waals surface area contributed by atoms with Gasteiger partial charge in [0.25, 0.3) is 0 Å². The normalized spacial score (nSPS) is 32.1. The fraction of sp³-hybridized carbons (Fsp3) is 1.00. The molecule has 16 heavy (non-hydrogen) atoms. The highest BCUT2D eigenvalue weighted by Crippen LogP contribution is 2.18. The first-order chi connectivity index (χ1) is 7.90. The number of alkyl halides is 1. The van der Waals surface area contributed by atoms with Crippen molar-refractivity contribution in [2.45, 2.75) is 37.8 Å². The molecule has 2 rings (SSSR count). The van der Waals surface area contributed by atoms with Crippen molar-refractivity contribution in [3.8, 4) is 0 Å². The average molecular weight is 248 g/mol. The molecule has 0 spiro atoms. The van der Waals surface area contributed by atoms with Crippen molar-refractivity contribution in [1.82, 2.24) is 4.90 Å². The van der Waals surface area contributed by atoms with Crippen LogP contribution in [0.15, 0.2) is 0 Å². The van der Waals surface area contributed by atoms with Crippen molar-refractivity contribution < 1.29 is 9.47 Å². The number of hydrogen-bond acceptors (Lipinski definition) is 3.